The maximum atomic E-state index is 4.22. The Bertz CT molecular complexity index is 349. The Kier molecular flexibility index (Phi) is 5.00. The molecule has 96 valence electrons. The second-order valence-corrected chi connectivity index (χ2v) is 6.07. The zero-order chi connectivity index (χ0) is 12.9. The summed E-state index contributed by atoms with van der Waals surface area (Å²) in [4.78, 5) is 4.22. The average molecular weight is 253 g/mol. The van der Waals surface area contributed by atoms with Gasteiger partial charge in [-0.05, 0) is 49.1 Å². The molecule has 0 saturated heterocycles. The number of hydrogen-bond donors (Lipinski definition) is 2. The second-order valence-electron chi connectivity index (χ2n) is 5.29. The number of nitrogens with zero attached hydrogens (tertiary/aromatic N) is 1. The summed E-state index contributed by atoms with van der Waals surface area (Å²) < 4.78 is 0. The van der Waals surface area contributed by atoms with Crippen molar-refractivity contribution in [3.63, 3.8) is 0 Å². The van der Waals surface area contributed by atoms with E-state index in [9.17, 15) is 0 Å². The Morgan fingerprint density at radius 1 is 1.47 bits per heavy atom. The molecule has 1 heterocycles. The molecule has 0 bridgehead atoms. The lowest BCUT2D eigenvalue weighted by molar-refractivity contribution is 0.499. The van der Waals surface area contributed by atoms with Crippen LogP contribution in [0.2, 0.25) is 0 Å². The summed E-state index contributed by atoms with van der Waals surface area (Å²) in [7, 11) is 1.80. The molecule has 0 saturated carbocycles. The highest BCUT2D eigenvalue weighted by molar-refractivity contribution is 7.07. The quantitative estimate of drug-likeness (QED) is 0.642. The fraction of sp³-hybridized carbons (Fsp3) is 0.615. The number of guanidine groups is 1. The minimum Gasteiger partial charge on any atom is -0.356 e. The number of hydrogen-bond acceptors (Lipinski definition) is 2. The molecule has 0 aliphatic heterocycles. The zero-order valence-corrected chi connectivity index (χ0v) is 12.2. The average Bonchev–Trinajstić information content (AvgIpc) is 2.75. The van der Waals surface area contributed by atoms with Gasteiger partial charge in [-0.2, -0.15) is 11.3 Å². The normalized spacial score (nSPS) is 14.5. The highest BCUT2D eigenvalue weighted by Gasteiger charge is 2.12. The van der Waals surface area contributed by atoms with Crippen molar-refractivity contribution >= 4 is 17.3 Å². The van der Waals surface area contributed by atoms with E-state index in [0.717, 1.165) is 12.5 Å². The van der Waals surface area contributed by atoms with Crippen LogP contribution in [-0.2, 0) is 0 Å². The lowest BCUT2D eigenvalue weighted by Gasteiger charge is -2.24. The molecular weight excluding hydrogens is 230 g/mol. The monoisotopic (exact) mass is 253 g/mol. The van der Waals surface area contributed by atoms with Gasteiger partial charge in [-0.3, -0.25) is 4.99 Å². The second kappa shape index (κ2) is 6.05. The van der Waals surface area contributed by atoms with Gasteiger partial charge >= 0.3 is 0 Å². The van der Waals surface area contributed by atoms with Gasteiger partial charge in [0.1, 0.15) is 0 Å². The first-order chi connectivity index (χ1) is 7.92. The summed E-state index contributed by atoms with van der Waals surface area (Å²) in [5.74, 6) is 1.36. The van der Waals surface area contributed by atoms with Crippen LogP contribution in [0.3, 0.4) is 0 Å². The van der Waals surface area contributed by atoms with Crippen LogP contribution in [0, 0.1) is 0 Å². The largest absolute Gasteiger partial charge is 0.356 e. The van der Waals surface area contributed by atoms with Gasteiger partial charge in [-0.25, -0.2) is 0 Å². The Balaban J connectivity index is 2.44. The van der Waals surface area contributed by atoms with Gasteiger partial charge in [0.25, 0.3) is 0 Å². The molecule has 0 radical (unpaired) electrons. The van der Waals surface area contributed by atoms with Crippen LogP contribution < -0.4 is 10.6 Å². The standard InChI is InChI=1S/C13H23N3S/c1-10(11-6-7-17-9-11)8-15-12(14-5)16-13(2,3)4/h6-7,9-10H,8H2,1-5H3,(H2,14,15,16). The molecule has 0 aliphatic rings. The topological polar surface area (TPSA) is 36.4 Å². The smallest absolute Gasteiger partial charge is 0.191 e. The molecule has 1 aromatic heterocycles. The molecule has 0 fully saturated rings. The minimum absolute atomic E-state index is 0.0352. The van der Waals surface area contributed by atoms with E-state index in [0.29, 0.717) is 5.92 Å². The maximum Gasteiger partial charge on any atom is 0.191 e. The lowest BCUT2D eigenvalue weighted by atomic mass is 10.1. The molecule has 0 spiro atoms. The van der Waals surface area contributed by atoms with Crippen LogP contribution in [0.25, 0.3) is 0 Å². The Morgan fingerprint density at radius 3 is 2.65 bits per heavy atom. The number of rotatable bonds is 3. The maximum absolute atomic E-state index is 4.22. The summed E-state index contributed by atoms with van der Waals surface area (Å²) in [6, 6.07) is 2.18. The fourth-order valence-corrected chi connectivity index (χ4v) is 2.24. The van der Waals surface area contributed by atoms with Crippen molar-refractivity contribution in [3.8, 4) is 0 Å². The van der Waals surface area contributed by atoms with Gasteiger partial charge in [-0.15, -0.1) is 0 Å². The van der Waals surface area contributed by atoms with Crippen molar-refractivity contribution in [2.45, 2.75) is 39.2 Å². The van der Waals surface area contributed by atoms with E-state index >= 15 is 0 Å². The predicted octanol–water partition coefficient (Wildman–Crippen LogP) is 2.82. The third-order valence-corrected chi connectivity index (χ3v) is 3.11. The van der Waals surface area contributed by atoms with Gasteiger partial charge in [-0.1, -0.05) is 6.92 Å². The number of nitrogens with one attached hydrogen (secondary N) is 2. The fourth-order valence-electron chi connectivity index (χ4n) is 1.46. The molecule has 17 heavy (non-hydrogen) atoms. The van der Waals surface area contributed by atoms with Crippen molar-refractivity contribution in [2.75, 3.05) is 13.6 Å². The molecule has 0 aromatic carbocycles. The van der Waals surface area contributed by atoms with Crippen LogP contribution in [0.5, 0.6) is 0 Å². The van der Waals surface area contributed by atoms with Crippen LogP contribution in [0.1, 0.15) is 39.2 Å². The van der Waals surface area contributed by atoms with E-state index in [-0.39, 0.29) is 5.54 Å². The summed E-state index contributed by atoms with van der Waals surface area (Å²) in [6.07, 6.45) is 0. The van der Waals surface area contributed by atoms with Crippen molar-refractivity contribution in [1.29, 1.82) is 0 Å². The van der Waals surface area contributed by atoms with Crippen LogP contribution in [0.15, 0.2) is 21.8 Å². The zero-order valence-electron chi connectivity index (χ0n) is 11.4. The van der Waals surface area contributed by atoms with Crippen LogP contribution in [-0.4, -0.2) is 25.1 Å². The summed E-state index contributed by atoms with van der Waals surface area (Å²) in [5.41, 5.74) is 1.42. The predicted molar refractivity (Wildman–Crippen MR) is 77.0 cm³/mol. The summed E-state index contributed by atoms with van der Waals surface area (Å²) >= 11 is 1.74. The Labute approximate surface area is 108 Å². The highest BCUT2D eigenvalue weighted by Crippen LogP contribution is 2.16. The van der Waals surface area contributed by atoms with E-state index in [1.54, 1.807) is 18.4 Å². The van der Waals surface area contributed by atoms with E-state index in [4.69, 9.17) is 0 Å². The molecule has 0 amide bonds. The van der Waals surface area contributed by atoms with E-state index in [1.165, 1.54) is 5.56 Å². The third kappa shape index (κ3) is 5.22. The van der Waals surface area contributed by atoms with Crippen LogP contribution >= 0.6 is 11.3 Å². The van der Waals surface area contributed by atoms with Gasteiger partial charge in [0.2, 0.25) is 0 Å². The molecule has 3 nitrogen and oxygen atoms in total. The molecule has 1 unspecified atom stereocenters. The lowest BCUT2D eigenvalue weighted by Crippen LogP contribution is -2.48. The van der Waals surface area contributed by atoms with Crippen molar-refractivity contribution < 1.29 is 0 Å². The van der Waals surface area contributed by atoms with Gasteiger partial charge < -0.3 is 10.6 Å². The third-order valence-electron chi connectivity index (χ3n) is 2.40. The van der Waals surface area contributed by atoms with E-state index in [1.807, 2.05) is 0 Å². The van der Waals surface area contributed by atoms with E-state index < -0.39 is 0 Å². The van der Waals surface area contributed by atoms with Crippen LogP contribution in [0.4, 0.5) is 0 Å². The van der Waals surface area contributed by atoms with Gasteiger partial charge in [0, 0.05) is 19.1 Å². The molecular formula is C13H23N3S. The first-order valence-corrected chi connectivity index (χ1v) is 6.87. The molecule has 0 aliphatic carbocycles. The van der Waals surface area contributed by atoms with E-state index in [2.05, 4.69) is 60.1 Å². The Morgan fingerprint density at radius 2 is 2.18 bits per heavy atom. The molecule has 1 atom stereocenters. The Hall–Kier alpha value is -1.03. The molecule has 1 aromatic rings. The molecule has 4 heteroatoms. The molecule has 1 rings (SSSR count). The number of thiophene rings is 1. The van der Waals surface area contributed by atoms with Crippen molar-refractivity contribution in [1.82, 2.24) is 10.6 Å². The minimum atomic E-state index is 0.0352. The summed E-state index contributed by atoms with van der Waals surface area (Å²) in [5, 5.41) is 11.0. The highest BCUT2D eigenvalue weighted by atomic mass is 32.1. The first kappa shape index (κ1) is 14.0. The van der Waals surface area contributed by atoms with Crippen molar-refractivity contribution in [3.05, 3.63) is 22.4 Å². The van der Waals surface area contributed by atoms with Gasteiger partial charge in [0.05, 0.1) is 0 Å². The SMILES string of the molecule is CN=C(NCC(C)c1ccsc1)NC(C)(C)C. The van der Waals surface area contributed by atoms with Gasteiger partial charge in [0.15, 0.2) is 5.96 Å². The molecule has 2 N–H and O–H groups in total. The summed E-state index contributed by atoms with van der Waals surface area (Å²) in [6.45, 7) is 9.50. The van der Waals surface area contributed by atoms with Crippen molar-refractivity contribution in [2.24, 2.45) is 4.99 Å². The first-order valence-electron chi connectivity index (χ1n) is 5.93. The number of aliphatic imine (C=N–C) groups is 1.